The standard InChI is InChI=1S/C11H11N5/c12-7-4-8-15-16-11(14-9-13)10-5-2-1-3-6-10/h1-3,5-6,15H,4,8H2,(H,14,16). The van der Waals surface area contributed by atoms with E-state index in [1.807, 2.05) is 36.4 Å². The predicted molar refractivity (Wildman–Crippen MR) is 60.0 cm³/mol. The van der Waals surface area contributed by atoms with E-state index in [-0.39, 0.29) is 0 Å². The topological polar surface area (TPSA) is 84.0 Å². The number of amidine groups is 1. The monoisotopic (exact) mass is 213 g/mol. The number of hydrogen-bond donors (Lipinski definition) is 2. The van der Waals surface area contributed by atoms with Gasteiger partial charge in [0, 0.05) is 18.5 Å². The van der Waals surface area contributed by atoms with Crippen LogP contribution in [0.25, 0.3) is 0 Å². The molecule has 16 heavy (non-hydrogen) atoms. The maximum absolute atomic E-state index is 8.54. The molecule has 80 valence electrons. The Labute approximate surface area is 94.0 Å². The number of nitrogens with zero attached hydrogens (tertiary/aromatic N) is 3. The lowest BCUT2D eigenvalue weighted by molar-refractivity contribution is 0.661. The summed E-state index contributed by atoms with van der Waals surface area (Å²) in [5.74, 6) is 0.445. The zero-order valence-electron chi connectivity index (χ0n) is 8.64. The van der Waals surface area contributed by atoms with Gasteiger partial charge < -0.3 is 5.43 Å². The lowest BCUT2D eigenvalue weighted by Gasteiger charge is -2.08. The fourth-order valence-electron chi connectivity index (χ4n) is 1.08. The first kappa shape index (κ1) is 11.7. The molecule has 2 N–H and O–H groups in total. The molecule has 0 aromatic heterocycles. The molecule has 0 aliphatic heterocycles. The van der Waals surface area contributed by atoms with Crippen molar-refractivity contribution < 1.29 is 0 Å². The van der Waals surface area contributed by atoms with Crippen LogP contribution >= 0.6 is 0 Å². The molecular formula is C11H11N5. The lowest BCUT2D eigenvalue weighted by atomic mass is 10.2. The van der Waals surface area contributed by atoms with E-state index in [2.05, 4.69) is 15.8 Å². The molecule has 0 aliphatic carbocycles. The highest BCUT2D eigenvalue weighted by atomic mass is 15.4. The number of aliphatic imine (C=N–C) groups is 1. The van der Waals surface area contributed by atoms with Crippen molar-refractivity contribution >= 4 is 5.84 Å². The second kappa shape index (κ2) is 6.99. The van der Waals surface area contributed by atoms with Crippen molar-refractivity contribution in [2.75, 3.05) is 6.54 Å². The van der Waals surface area contributed by atoms with Gasteiger partial charge in [0.1, 0.15) is 0 Å². The zero-order chi connectivity index (χ0) is 11.6. The second-order valence-corrected chi connectivity index (χ2v) is 2.89. The molecule has 0 unspecified atom stereocenters. The van der Waals surface area contributed by atoms with Gasteiger partial charge in [-0.1, -0.05) is 30.3 Å². The number of benzene rings is 1. The van der Waals surface area contributed by atoms with Gasteiger partial charge in [-0.05, 0) is 0 Å². The van der Waals surface area contributed by atoms with Gasteiger partial charge in [-0.15, -0.1) is 0 Å². The summed E-state index contributed by atoms with van der Waals surface area (Å²) in [6.45, 7) is 0.494. The van der Waals surface area contributed by atoms with Crippen molar-refractivity contribution in [2.45, 2.75) is 6.42 Å². The third-order valence-corrected chi connectivity index (χ3v) is 1.78. The first-order chi connectivity index (χ1) is 7.88. The van der Waals surface area contributed by atoms with Crippen LogP contribution in [0.5, 0.6) is 0 Å². The van der Waals surface area contributed by atoms with E-state index in [0.717, 1.165) is 5.56 Å². The van der Waals surface area contributed by atoms with Gasteiger partial charge in [0.05, 0.1) is 6.07 Å². The van der Waals surface area contributed by atoms with Crippen LogP contribution in [0.2, 0.25) is 0 Å². The second-order valence-electron chi connectivity index (χ2n) is 2.89. The van der Waals surface area contributed by atoms with Gasteiger partial charge in [-0.25, -0.2) is 5.43 Å². The van der Waals surface area contributed by atoms with E-state index in [4.69, 9.17) is 10.5 Å². The van der Waals surface area contributed by atoms with Crippen molar-refractivity contribution in [3.05, 3.63) is 35.9 Å². The molecule has 0 saturated heterocycles. The minimum absolute atomic E-state index is 0.390. The van der Waals surface area contributed by atoms with E-state index >= 15 is 0 Å². The number of hydrogen-bond acceptors (Lipinski definition) is 4. The van der Waals surface area contributed by atoms with Gasteiger partial charge in [0.15, 0.2) is 5.84 Å². The summed E-state index contributed by atoms with van der Waals surface area (Å²) in [6, 6.07) is 11.3. The zero-order valence-corrected chi connectivity index (χ0v) is 8.64. The summed E-state index contributed by atoms with van der Waals surface area (Å²) in [5, 5.41) is 16.9. The van der Waals surface area contributed by atoms with Gasteiger partial charge in [-0.2, -0.15) is 15.5 Å². The number of nitriles is 2. The van der Waals surface area contributed by atoms with E-state index in [0.29, 0.717) is 18.8 Å². The summed E-state index contributed by atoms with van der Waals surface area (Å²) < 4.78 is 0. The smallest absolute Gasteiger partial charge is 0.207 e. The molecule has 0 radical (unpaired) electrons. The van der Waals surface area contributed by atoms with Crippen molar-refractivity contribution in [1.29, 1.82) is 10.5 Å². The first-order valence-electron chi connectivity index (χ1n) is 4.76. The quantitative estimate of drug-likeness (QED) is 0.256. The average Bonchev–Trinajstić information content (AvgIpc) is 2.34. The summed E-state index contributed by atoms with van der Waals surface area (Å²) >= 11 is 0. The molecule has 0 heterocycles. The fraction of sp³-hybridized carbons (Fsp3) is 0.182. The summed E-state index contributed by atoms with van der Waals surface area (Å²) in [6.07, 6.45) is 2.12. The van der Waals surface area contributed by atoms with Gasteiger partial charge >= 0.3 is 0 Å². The van der Waals surface area contributed by atoms with Crippen LogP contribution in [0.1, 0.15) is 12.0 Å². The molecule has 0 spiro atoms. The van der Waals surface area contributed by atoms with Crippen LogP contribution in [0.15, 0.2) is 35.3 Å². The van der Waals surface area contributed by atoms with Crippen LogP contribution in [-0.4, -0.2) is 12.4 Å². The Morgan fingerprint density at radius 1 is 1.25 bits per heavy atom. The van der Waals surface area contributed by atoms with Crippen LogP contribution < -0.4 is 10.9 Å². The molecule has 0 saturated carbocycles. The van der Waals surface area contributed by atoms with Crippen molar-refractivity contribution in [1.82, 2.24) is 10.9 Å². The van der Waals surface area contributed by atoms with Gasteiger partial charge in [0.2, 0.25) is 6.19 Å². The molecule has 0 fully saturated rings. The van der Waals surface area contributed by atoms with Crippen LogP contribution in [0, 0.1) is 22.8 Å². The molecule has 0 aliphatic rings. The Morgan fingerprint density at radius 2 is 2.00 bits per heavy atom. The van der Waals surface area contributed by atoms with E-state index in [1.165, 1.54) is 0 Å². The fourth-order valence-corrected chi connectivity index (χ4v) is 1.08. The Bertz CT molecular complexity index is 424. The molecule has 0 bridgehead atoms. The normalized spacial score (nSPS) is 10.2. The minimum atomic E-state index is 0.390. The Balaban J connectivity index is 2.61. The van der Waals surface area contributed by atoms with Crippen LogP contribution in [0.4, 0.5) is 0 Å². The predicted octanol–water partition coefficient (Wildman–Crippen LogP) is 0.922. The Morgan fingerprint density at radius 3 is 2.62 bits per heavy atom. The maximum atomic E-state index is 8.54. The van der Waals surface area contributed by atoms with E-state index in [1.54, 1.807) is 6.19 Å². The molecule has 0 amide bonds. The number of rotatable bonds is 4. The van der Waals surface area contributed by atoms with E-state index < -0.39 is 0 Å². The molecule has 5 nitrogen and oxygen atoms in total. The summed E-state index contributed by atoms with van der Waals surface area (Å²) in [7, 11) is 0. The van der Waals surface area contributed by atoms with Crippen LogP contribution in [-0.2, 0) is 0 Å². The number of hydrazine groups is 1. The molecular weight excluding hydrogens is 202 g/mol. The van der Waals surface area contributed by atoms with Crippen molar-refractivity contribution in [3.8, 4) is 12.3 Å². The molecule has 1 aromatic rings. The third kappa shape index (κ3) is 3.79. The third-order valence-electron chi connectivity index (χ3n) is 1.78. The van der Waals surface area contributed by atoms with Crippen LogP contribution in [0.3, 0.4) is 0 Å². The van der Waals surface area contributed by atoms with Gasteiger partial charge in [-0.3, -0.25) is 0 Å². The number of nitrogens with one attached hydrogen (secondary N) is 2. The Hall–Kier alpha value is -2.37. The van der Waals surface area contributed by atoms with Gasteiger partial charge in [0.25, 0.3) is 0 Å². The summed E-state index contributed by atoms with van der Waals surface area (Å²) in [4.78, 5) is 3.66. The average molecular weight is 213 g/mol. The Kier molecular flexibility index (Phi) is 5.11. The van der Waals surface area contributed by atoms with E-state index in [9.17, 15) is 0 Å². The molecule has 1 rings (SSSR count). The molecule has 5 heteroatoms. The SMILES string of the molecule is N#CCCNNC(=NC#N)c1ccccc1. The lowest BCUT2D eigenvalue weighted by Crippen LogP contribution is -2.38. The highest BCUT2D eigenvalue weighted by Gasteiger charge is 2.00. The minimum Gasteiger partial charge on any atom is -0.305 e. The largest absolute Gasteiger partial charge is 0.305 e. The highest BCUT2D eigenvalue weighted by Crippen LogP contribution is 1.98. The molecule has 0 atom stereocenters. The van der Waals surface area contributed by atoms with Crippen molar-refractivity contribution in [2.24, 2.45) is 4.99 Å². The molecule has 1 aromatic carbocycles. The van der Waals surface area contributed by atoms with Crippen molar-refractivity contribution in [3.63, 3.8) is 0 Å². The maximum Gasteiger partial charge on any atom is 0.207 e. The highest BCUT2D eigenvalue weighted by molar-refractivity contribution is 5.98. The first-order valence-corrected chi connectivity index (χ1v) is 4.76. The summed E-state index contributed by atoms with van der Waals surface area (Å²) in [5.41, 5.74) is 6.43.